The molecule has 0 aliphatic carbocycles. The summed E-state index contributed by atoms with van der Waals surface area (Å²) in [4.78, 5) is 10.7. The lowest BCUT2D eigenvalue weighted by Crippen LogP contribution is -2.24. The van der Waals surface area contributed by atoms with Crippen molar-refractivity contribution in [2.75, 3.05) is 6.61 Å². The van der Waals surface area contributed by atoms with E-state index >= 15 is 0 Å². The van der Waals surface area contributed by atoms with Crippen LogP contribution >= 0.6 is 34.8 Å². The molecule has 0 amide bonds. The zero-order valence-corrected chi connectivity index (χ0v) is 9.45. The van der Waals surface area contributed by atoms with E-state index in [0.29, 0.717) is 6.61 Å². The average Bonchev–Trinajstić information content (AvgIpc) is 1.86. The first-order chi connectivity index (χ1) is 4.98. The molecule has 11 heavy (non-hydrogen) atoms. The van der Waals surface area contributed by atoms with Crippen molar-refractivity contribution >= 4 is 50.8 Å². The van der Waals surface area contributed by atoms with Gasteiger partial charge in [-0.1, -0.05) is 34.8 Å². The van der Waals surface area contributed by atoms with Crippen molar-refractivity contribution in [3.05, 3.63) is 0 Å². The third-order valence-corrected chi connectivity index (χ3v) is 2.13. The van der Waals surface area contributed by atoms with Gasteiger partial charge in [-0.3, -0.25) is 0 Å². The largest absolute Gasteiger partial charge is 0.496 e. The number of alkyl halides is 3. The second-order valence-electron chi connectivity index (χ2n) is 1.54. The summed E-state index contributed by atoms with van der Waals surface area (Å²) in [7, 11) is -1.32. The maximum absolute atomic E-state index is 10.7. The van der Waals surface area contributed by atoms with Crippen LogP contribution in [0.3, 0.4) is 0 Å². The van der Waals surface area contributed by atoms with E-state index in [1.165, 1.54) is 0 Å². The van der Waals surface area contributed by atoms with Gasteiger partial charge < -0.3 is 8.85 Å². The molecule has 0 aliphatic heterocycles. The zero-order valence-electron chi connectivity index (χ0n) is 5.77. The van der Waals surface area contributed by atoms with E-state index in [2.05, 4.69) is 4.43 Å². The molecule has 0 aromatic rings. The maximum Gasteiger partial charge on any atom is 0.369 e. The van der Waals surface area contributed by atoms with E-state index < -0.39 is 19.8 Å². The molecule has 0 saturated heterocycles. The van der Waals surface area contributed by atoms with Gasteiger partial charge in [-0.25, -0.2) is 4.79 Å². The van der Waals surface area contributed by atoms with Gasteiger partial charge in [0.15, 0.2) is 0 Å². The fourth-order valence-corrected chi connectivity index (χ4v) is 1.27. The summed E-state index contributed by atoms with van der Waals surface area (Å²) in [6, 6.07) is 0. The second-order valence-corrected chi connectivity index (χ2v) is 4.75. The van der Waals surface area contributed by atoms with Crippen LogP contribution < -0.4 is 0 Å². The van der Waals surface area contributed by atoms with Gasteiger partial charge in [-0.2, -0.15) is 0 Å². The lowest BCUT2D eigenvalue weighted by atomic mass is 10.8. The summed E-state index contributed by atoms with van der Waals surface area (Å²) in [5.41, 5.74) is 0. The number of hydrogen-bond acceptors (Lipinski definition) is 3. The van der Waals surface area contributed by atoms with Crippen LogP contribution in [0, 0.1) is 0 Å². The van der Waals surface area contributed by atoms with Crippen LogP contribution in [-0.2, 0) is 13.6 Å². The van der Waals surface area contributed by atoms with Crippen molar-refractivity contribution in [1.29, 1.82) is 0 Å². The summed E-state index contributed by atoms with van der Waals surface area (Å²) in [5, 5.41) is 0. The Morgan fingerprint density at radius 3 is 2.45 bits per heavy atom. The minimum absolute atomic E-state index is 0.499. The van der Waals surface area contributed by atoms with Crippen LogP contribution in [0.5, 0.6) is 0 Å². The highest BCUT2D eigenvalue weighted by atomic mass is 35.6. The molecule has 0 rings (SSSR count). The van der Waals surface area contributed by atoms with E-state index in [0.717, 1.165) is 0 Å². The standard InChI is InChI=1S/C4H7Cl3O3Si/c1-2-9-11-10-3(8)4(5,6)7/h2,11H2,1H3. The molecule has 0 atom stereocenters. The van der Waals surface area contributed by atoms with Crippen molar-refractivity contribution < 1.29 is 13.6 Å². The summed E-state index contributed by atoms with van der Waals surface area (Å²) >= 11 is 15.6. The van der Waals surface area contributed by atoms with Crippen LogP contribution in [0.4, 0.5) is 0 Å². The van der Waals surface area contributed by atoms with Crippen LogP contribution in [0.25, 0.3) is 0 Å². The first-order valence-corrected chi connectivity index (χ1v) is 5.09. The van der Waals surface area contributed by atoms with E-state index in [-0.39, 0.29) is 0 Å². The predicted molar refractivity (Wildman–Crippen MR) is 46.6 cm³/mol. The summed E-state index contributed by atoms with van der Waals surface area (Å²) in [6.45, 7) is 2.29. The van der Waals surface area contributed by atoms with Crippen molar-refractivity contribution in [2.24, 2.45) is 0 Å². The number of carbonyl (C=O) groups excluding carboxylic acids is 1. The monoisotopic (exact) mass is 236 g/mol. The van der Waals surface area contributed by atoms with Crippen LogP contribution in [0.15, 0.2) is 0 Å². The molecule has 0 fully saturated rings. The topological polar surface area (TPSA) is 35.5 Å². The Balaban J connectivity index is 3.54. The van der Waals surface area contributed by atoms with Crippen molar-refractivity contribution in [3.63, 3.8) is 0 Å². The van der Waals surface area contributed by atoms with Crippen molar-refractivity contribution in [3.8, 4) is 0 Å². The molecule has 0 radical (unpaired) electrons. The molecule has 0 heterocycles. The Bertz CT molecular complexity index is 135. The van der Waals surface area contributed by atoms with Gasteiger partial charge in [0.25, 0.3) is 3.79 Å². The first kappa shape index (κ1) is 11.5. The molecule has 0 bridgehead atoms. The summed E-state index contributed by atoms with van der Waals surface area (Å²) in [5.74, 6) is -0.873. The fourth-order valence-electron chi connectivity index (χ4n) is 0.260. The van der Waals surface area contributed by atoms with Crippen LogP contribution in [-0.4, -0.2) is 26.4 Å². The second kappa shape index (κ2) is 5.21. The molecule has 0 aromatic carbocycles. The number of rotatable bonds is 3. The number of halogens is 3. The Morgan fingerprint density at radius 2 is 2.09 bits per heavy atom. The third-order valence-electron chi connectivity index (χ3n) is 0.709. The minimum Gasteiger partial charge on any atom is -0.496 e. The van der Waals surface area contributed by atoms with Crippen molar-refractivity contribution in [2.45, 2.75) is 10.7 Å². The average molecular weight is 238 g/mol. The molecule has 0 unspecified atom stereocenters. The fraction of sp³-hybridized carbons (Fsp3) is 0.750. The Hall–Kier alpha value is 0.517. The van der Waals surface area contributed by atoms with Gasteiger partial charge in [0, 0.05) is 6.61 Å². The quantitative estimate of drug-likeness (QED) is 0.416. The van der Waals surface area contributed by atoms with Crippen molar-refractivity contribution in [1.82, 2.24) is 0 Å². The number of hydrogen-bond donors (Lipinski definition) is 0. The molecular formula is C4H7Cl3O3Si. The van der Waals surface area contributed by atoms with Crippen LogP contribution in [0.1, 0.15) is 6.92 Å². The zero-order chi connectivity index (χ0) is 8.91. The SMILES string of the molecule is CCO[SiH2]OC(=O)C(Cl)(Cl)Cl. The maximum atomic E-state index is 10.7. The molecule has 0 aliphatic rings. The summed E-state index contributed by atoms with van der Waals surface area (Å²) in [6.07, 6.45) is 0. The lowest BCUT2D eigenvalue weighted by molar-refractivity contribution is -0.134. The Labute approximate surface area is 82.0 Å². The molecular weight excluding hydrogens is 230 g/mol. The van der Waals surface area contributed by atoms with E-state index in [9.17, 15) is 4.79 Å². The highest BCUT2D eigenvalue weighted by molar-refractivity contribution is 6.76. The molecule has 0 N–H and O–H groups in total. The highest BCUT2D eigenvalue weighted by Crippen LogP contribution is 2.26. The van der Waals surface area contributed by atoms with E-state index in [1.54, 1.807) is 6.92 Å². The van der Waals surface area contributed by atoms with Gasteiger partial charge in [-0.05, 0) is 6.92 Å². The third kappa shape index (κ3) is 5.75. The smallest absolute Gasteiger partial charge is 0.369 e. The molecule has 0 spiro atoms. The van der Waals surface area contributed by atoms with Gasteiger partial charge in [0.1, 0.15) is 0 Å². The first-order valence-electron chi connectivity index (χ1n) is 2.80. The van der Waals surface area contributed by atoms with E-state index in [1.807, 2.05) is 0 Å². The van der Waals surface area contributed by atoms with Gasteiger partial charge >= 0.3 is 16.0 Å². The normalized spacial score (nSPS) is 12.4. The Morgan fingerprint density at radius 1 is 1.55 bits per heavy atom. The Kier molecular flexibility index (Phi) is 5.46. The van der Waals surface area contributed by atoms with Gasteiger partial charge in [0.05, 0.1) is 0 Å². The highest BCUT2D eigenvalue weighted by Gasteiger charge is 2.32. The van der Waals surface area contributed by atoms with Gasteiger partial charge in [-0.15, -0.1) is 0 Å². The van der Waals surface area contributed by atoms with Crippen LogP contribution in [0.2, 0.25) is 0 Å². The predicted octanol–water partition coefficient (Wildman–Crippen LogP) is 0.935. The minimum atomic E-state index is -1.98. The molecule has 0 saturated carbocycles. The lowest BCUT2D eigenvalue weighted by Gasteiger charge is -2.09. The molecule has 7 heteroatoms. The summed E-state index contributed by atoms with van der Waals surface area (Å²) < 4.78 is 7.37. The molecule has 3 nitrogen and oxygen atoms in total. The molecule has 66 valence electrons. The molecule has 0 aromatic heterocycles. The van der Waals surface area contributed by atoms with Gasteiger partial charge in [0.2, 0.25) is 0 Å². The number of carbonyl (C=O) groups is 1. The van der Waals surface area contributed by atoms with E-state index in [4.69, 9.17) is 39.2 Å².